The number of nitrogens with two attached hydrogens (primary N) is 1. The molecule has 0 radical (unpaired) electrons. The van der Waals surface area contributed by atoms with E-state index in [4.69, 9.17) is 10.5 Å². The van der Waals surface area contributed by atoms with Gasteiger partial charge >= 0.3 is 0 Å². The first kappa shape index (κ1) is 17.1. The van der Waals surface area contributed by atoms with E-state index >= 15 is 0 Å². The fourth-order valence-electron chi connectivity index (χ4n) is 2.97. The van der Waals surface area contributed by atoms with Crippen molar-refractivity contribution in [2.75, 3.05) is 36.1 Å². The standard InChI is InChI=1S/C19H24N4O2/c1-25-15-7-8-16(20)17(12-15)22-19(24)14-6-9-18(21-13-14)23-10-4-2-3-5-11-23/h6-9,12-13H,2-5,10-11,20H2,1H3,(H,22,24). The van der Waals surface area contributed by atoms with Crippen molar-refractivity contribution < 1.29 is 9.53 Å². The molecule has 0 bridgehead atoms. The van der Waals surface area contributed by atoms with Crippen molar-refractivity contribution in [2.24, 2.45) is 0 Å². The molecule has 1 fully saturated rings. The summed E-state index contributed by atoms with van der Waals surface area (Å²) < 4.78 is 5.17. The van der Waals surface area contributed by atoms with E-state index in [0.717, 1.165) is 18.9 Å². The van der Waals surface area contributed by atoms with Gasteiger partial charge in [-0.3, -0.25) is 4.79 Å². The molecule has 0 saturated carbocycles. The average Bonchev–Trinajstić information content (AvgIpc) is 2.93. The molecule has 2 aromatic rings. The Morgan fingerprint density at radius 3 is 2.56 bits per heavy atom. The monoisotopic (exact) mass is 340 g/mol. The number of hydrogen-bond acceptors (Lipinski definition) is 5. The van der Waals surface area contributed by atoms with Gasteiger partial charge in [0.2, 0.25) is 0 Å². The lowest BCUT2D eigenvalue weighted by molar-refractivity contribution is 0.102. The molecule has 3 rings (SSSR count). The van der Waals surface area contributed by atoms with Crippen LogP contribution in [0.15, 0.2) is 36.5 Å². The van der Waals surface area contributed by atoms with Crippen molar-refractivity contribution in [3.05, 3.63) is 42.1 Å². The van der Waals surface area contributed by atoms with Gasteiger partial charge in [0.15, 0.2) is 0 Å². The second-order valence-corrected chi connectivity index (χ2v) is 6.21. The largest absolute Gasteiger partial charge is 0.497 e. The minimum Gasteiger partial charge on any atom is -0.497 e. The molecule has 2 heterocycles. The molecule has 1 aliphatic rings. The highest BCUT2D eigenvalue weighted by molar-refractivity contribution is 6.05. The SMILES string of the molecule is COc1ccc(N)c(NC(=O)c2ccc(N3CCCCCC3)nc2)c1. The molecule has 0 aliphatic carbocycles. The Hall–Kier alpha value is -2.76. The molecule has 0 spiro atoms. The maximum Gasteiger partial charge on any atom is 0.257 e. The second kappa shape index (κ2) is 7.88. The number of carbonyl (C=O) groups excluding carboxylic acids is 1. The molecular weight excluding hydrogens is 316 g/mol. The number of anilines is 3. The first-order valence-electron chi connectivity index (χ1n) is 8.63. The van der Waals surface area contributed by atoms with E-state index in [9.17, 15) is 4.79 Å². The zero-order chi connectivity index (χ0) is 17.6. The minimum atomic E-state index is -0.241. The number of nitrogens with zero attached hydrogens (tertiary/aromatic N) is 2. The van der Waals surface area contributed by atoms with E-state index in [1.807, 2.05) is 6.07 Å². The predicted octanol–water partition coefficient (Wildman–Crippen LogP) is 3.31. The van der Waals surface area contributed by atoms with E-state index in [1.54, 1.807) is 37.6 Å². The molecule has 1 amide bonds. The number of pyridine rings is 1. The van der Waals surface area contributed by atoms with Crippen LogP contribution in [-0.2, 0) is 0 Å². The molecule has 1 aromatic heterocycles. The van der Waals surface area contributed by atoms with Gasteiger partial charge in [0.1, 0.15) is 11.6 Å². The van der Waals surface area contributed by atoms with Crippen LogP contribution < -0.4 is 20.7 Å². The molecule has 0 atom stereocenters. The van der Waals surface area contributed by atoms with Crippen LogP contribution in [0.4, 0.5) is 17.2 Å². The zero-order valence-corrected chi connectivity index (χ0v) is 14.5. The van der Waals surface area contributed by atoms with Gasteiger partial charge in [0.05, 0.1) is 24.0 Å². The molecule has 0 unspecified atom stereocenters. The Labute approximate surface area is 148 Å². The Morgan fingerprint density at radius 2 is 1.92 bits per heavy atom. The van der Waals surface area contributed by atoms with Crippen molar-refractivity contribution in [1.29, 1.82) is 0 Å². The first-order valence-corrected chi connectivity index (χ1v) is 8.63. The van der Waals surface area contributed by atoms with Crippen molar-refractivity contribution >= 4 is 23.1 Å². The number of rotatable bonds is 4. The molecule has 1 aromatic carbocycles. The van der Waals surface area contributed by atoms with Crippen LogP contribution in [0.2, 0.25) is 0 Å². The van der Waals surface area contributed by atoms with Crippen molar-refractivity contribution in [2.45, 2.75) is 25.7 Å². The summed E-state index contributed by atoms with van der Waals surface area (Å²) in [4.78, 5) is 19.2. The Kier molecular flexibility index (Phi) is 5.38. The van der Waals surface area contributed by atoms with Gasteiger partial charge in [-0.2, -0.15) is 0 Å². The minimum absolute atomic E-state index is 0.241. The van der Waals surface area contributed by atoms with Gasteiger partial charge in [0.25, 0.3) is 5.91 Å². The van der Waals surface area contributed by atoms with Gasteiger partial charge in [-0.1, -0.05) is 12.8 Å². The van der Waals surface area contributed by atoms with Gasteiger partial charge in [-0.25, -0.2) is 4.98 Å². The summed E-state index contributed by atoms with van der Waals surface area (Å²) in [6.07, 6.45) is 6.56. The van der Waals surface area contributed by atoms with Crippen LogP contribution in [0.5, 0.6) is 5.75 Å². The third-order valence-corrected chi connectivity index (χ3v) is 4.45. The normalized spacial score (nSPS) is 14.7. The lowest BCUT2D eigenvalue weighted by Crippen LogP contribution is -2.25. The summed E-state index contributed by atoms with van der Waals surface area (Å²) in [5, 5.41) is 2.81. The van der Waals surface area contributed by atoms with Crippen LogP contribution >= 0.6 is 0 Å². The van der Waals surface area contributed by atoms with Crippen molar-refractivity contribution in [3.8, 4) is 5.75 Å². The molecule has 6 heteroatoms. The van der Waals surface area contributed by atoms with Crippen LogP contribution in [0.1, 0.15) is 36.0 Å². The average molecular weight is 340 g/mol. The molecule has 1 saturated heterocycles. The second-order valence-electron chi connectivity index (χ2n) is 6.21. The quantitative estimate of drug-likeness (QED) is 0.835. The Balaban J connectivity index is 1.70. The fourth-order valence-corrected chi connectivity index (χ4v) is 2.97. The number of hydrogen-bond donors (Lipinski definition) is 2. The third kappa shape index (κ3) is 4.21. The van der Waals surface area contributed by atoms with Gasteiger partial charge < -0.3 is 20.7 Å². The van der Waals surface area contributed by atoms with E-state index in [0.29, 0.717) is 22.7 Å². The summed E-state index contributed by atoms with van der Waals surface area (Å²) in [5.41, 5.74) is 7.43. The fraction of sp³-hybridized carbons (Fsp3) is 0.368. The summed E-state index contributed by atoms with van der Waals surface area (Å²) in [6.45, 7) is 2.05. The maximum atomic E-state index is 12.4. The summed E-state index contributed by atoms with van der Waals surface area (Å²) in [7, 11) is 1.57. The number of nitrogens with one attached hydrogen (secondary N) is 1. The Morgan fingerprint density at radius 1 is 1.16 bits per heavy atom. The number of ether oxygens (including phenoxy) is 1. The van der Waals surface area contributed by atoms with E-state index in [2.05, 4.69) is 15.2 Å². The zero-order valence-electron chi connectivity index (χ0n) is 14.5. The van der Waals surface area contributed by atoms with Crippen LogP contribution in [-0.4, -0.2) is 31.1 Å². The molecule has 6 nitrogen and oxygen atoms in total. The van der Waals surface area contributed by atoms with E-state index in [-0.39, 0.29) is 5.91 Å². The molecule has 25 heavy (non-hydrogen) atoms. The van der Waals surface area contributed by atoms with Crippen LogP contribution in [0.25, 0.3) is 0 Å². The lowest BCUT2D eigenvalue weighted by atomic mass is 10.2. The molecule has 3 N–H and O–H groups in total. The van der Waals surface area contributed by atoms with E-state index < -0.39 is 0 Å². The highest BCUT2D eigenvalue weighted by atomic mass is 16.5. The highest BCUT2D eigenvalue weighted by Gasteiger charge is 2.13. The molecule has 132 valence electrons. The number of aromatic nitrogens is 1. The summed E-state index contributed by atoms with van der Waals surface area (Å²) in [6, 6.07) is 8.87. The number of amides is 1. The lowest BCUT2D eigenvalue weighted by Gasteiger charge is -2.21. The van der Waals surface area contributed by atoms with E-state index in [1.165, 1.54) is 25.7 Å². The van der Waals surface area contributed by atoms with Crippen LogP contribution in [0, 0.1) is 0 Å². The number of benzene rings is 1. The Bertz CT molecular complexity index is 723. The van der Waals surface area contributed by atoms with Gasteiger partial charge in [0, 0.05) is 25.4 Å². The van der Waals surface area contributed by atoms with Gasteiger partial charge in [-0.05, 0) is 37.1 Å². The van der Waals surface area contributed by atoms with Crippen molar-refractivity contribution in [3.63, 3.8) is 0 Å². The summed E-state index contributed by atoms with van der Waals surface area (Å²) in [5.74, 6) is 1.33. The number of nitrogen functional groups attached to an aromatic ring is 1. The first-order chi connectivity index (χ1) is 12.2. The number of carbonyl (C=O) groups is 1. The highest BCUT2D eigenvalue weighted by Crippen LogP contribution is 2.25. The van der Waals surface area contributed by atoms with Crippen molar-refractivity contribution in [1.82, 2.24) is 4.98 Å². The predicted molar refractivity (Wildman–Crippen MR) is 100 cm³/mol. The summed E-state index contributed by atoms with van der Waals surface area (Å²) >= 11 is 0. The number of methoxy groups -OCH3 is 1. The topological polar surface area (TPSA) is 80.5 Å². The maximum absolute atomic E-state index is 12.4. The smallest absolute Gasteiger partial charge is 0.257 e. The third-order valence-electron chi connectivity index (χ3n) is 4.45. The molecule has 1 aliphatic heterocycles. The molecular formula is C19H24N4O2. The van der Waals surface area contributed by atoms with Crippen LogP contribution in [0.3, 0.4) is 0 Å². The van der Waals surface area contributed by atoms with Gasteiger partial charge in [-0.15, -0.1) is 0 Å².